The second-order valence-corrected chi connectivity index (χ2v) is 7.77. The fourth-order valence-corrected chi connectivity index (χ4v) is 3.85. The summed E-state index contributed by atoms with van der Waals surface area (Å²) in [5, 5.41) is 18.7. The number of aromatic carboxylic acids is 1. The molecule has 1 atom stereocenters. The summed E-state index contributed by atoms with van der Waals surface area (Å²) in [7, 11) is 0. The molecule has 2 aromatic carbocycles. The molecule has 0 bridgehead atoms. The summed E-state index contributed by atoms with van der Waals surface area (Å²) in [6.45, 7) is 6.75. The van der Waals surface area contributed by atoms with Crippen LogP contribution in [0.2, 0.25) is 0 Å². The minimum Gasteiger partial charge on any atom is -0.491 e. The molecule has 0 aromatic heterocycles. The first-order valence-corrected chi connectivity index (χ1v) is 9.91. The van der Waals surface area contributed by atoms with Crippen LogP contribution in [0.25, 0.3) is 0 Å². The lowest BCUT2D eigenvalue weighted by Crippen LogP contribution is -2.33. The number of likely N-dealkylation sites (tertiary alicyclic amines) is 1. The molecular formula is C23H29NO4. The Labute approximate surface area is 166 Å². The molecule has 1 aliphatic rings. The van der Waals surface area contributed by atoms with Crippen LogP contribution < -0.4 is 4.74 Å². The van der Waals surface area contributed by atoms with Crippen LogP contribution in [0.1, 0.15) is 59.7 Å². The molecule has 5 heteroatoms. The maximum Gasteiger partial charge on any atom is 0.335 e. The zero-order valence-electron chi connectivity index (χ0n) is 16.6. The van der Waals surface area contributed by atoms with Crippen molar-refractivity contribution in [1.29, 1.82) is 0 Å². The third kappa shape index (κ3) is 5.12. The SMILES string of the molecule is CC(C)Oc1ccc(CN2CCC[C@@H](c3ccc(C(=O)O)cc3)C2)cc1CO. The Hall–Kier alpha value is -2.37. The largest absolute Gasteiger partial charge is 0.491 e. The molecule has 150 valence electrons. The van der Waals surface area contributed by atoms with Crippen LogP contribution in [-0.2, 0) is 13.2 Å². The van der Waals surface area contributed by atoms with Gasteiger partial charge >= 0.3 is 5.97 Å². The molecule has 0 amide bonds. The van der Waals surface area contributed by atoms with E-state index in [0.717, 1.165) is 43.8 Å². The summed E-state index contributed by atoms with van der Waals surface area (Å²) >= 11 is 0. The minimum absolute atomic E-state index is 0.0333. The van der Waals surface area contributed by atoms with Crippen LogP contribution in [-0.4, -0.2) is 40.3 Å². The van der Waals surface area contributed by atoms with Crippen LogP contribution in [0.5, 0.6) is 5.75 Å². The van der Waals surface area contributed by atoms with Crippen molar-refractivity contribution >= 4 is 5.97 Å². The van der Waals surface area contributed by atoms with Gasteiger partial charge in [0, 0.05) is 18.7 Å². The summed E-state index contributed by atoms with van der Waals surface area (Å²) in [5.74, 6) is 0.273. The molecule has 0 spiro atoms. The molecule has 0 aliphatic carbocycles. The van der Waals surface area contributed by atoms with E-state index in [9.17, 15) is 9.90 Å². The van der Waals surface area contributed by atoms with Crippen molar-refractivity contribution in [2.45, 2.75) is 51.9 Å². The van der Waals surface area contributed by atoms with E-state index in [1.807, 2.05) is 38.1 Å². The van der Waals surface area contributed by atoms with E-state index in [2.05, 4.69) is 11.0 Å². The second-order valence-electron chi connectivity index (χ2n) is 7.77. The van der Waals surface area contributed by atoms with E-state index >= 15 is 0 Å². The zero-order valence-corrected chi connectivity index (χ0v) is 16.6. The second kappa shape index (κ2) is 9.22. The smallest absolute Gasteiger partial charge is 0.335 e. The molecule has 0 unspecified atom stereocenters. The fraction of sp³-hybridized carbons (Fsp3) is 0.435. The zero-order chi connectivity index (χ0) is 20.1. The number of benzene rings is 2. The van der Waals surface area contributed by atoms with Gasteiger partial charge in [0.15, 0.2) is 0 Å². The Bertz CT molecular complexity index is 801. The lowest BCUT2D eigenvalue weighted by atomic mass is 9.90. The highest BCUT2D eigenvalue weighted by atomic mass is 16.5. The monoisotopic (exact) mass is 383 g/mol. The summed E-state index contributed by atoms with van der Waals surface area (Å²) in [6, 6.07) is 13.3. The average molecular weight is 383 g/mol. The van der Waals surface area contributed by atoms with Crippen molar-refractivity contribution in [3.05, 3.63) is 64.7 Å². The van der Waals surface area contributed by atoms with Crippen LogP contribution in [0, 0.1) is 0 Å². The molecule has 0 radical (unpaired) electrons. The molecule has 5 nitrogen and oxygen atoms in total. The van der Waals surface area contributed by atoms with Crippen molar-refractivity contribution in [3.63, 3.8) is 0 Å². The summed E-state index contributed by atoms with van der Waals surface area (Å²) in [5.41, 5.74) is 3.52. The van der Waals surface area contributed by atoms with Gasteiger partial charge in [0.2, 0.25) is 0 Å². The van der Waals surface area contributed by atoms with Gasteiger partial charge in [0.1, 0.15) is 5.75 Å². The van der Waals surface area contributed by atoms with E-state index < -0.39 is 5.97 Å². The van der Waals surface area contributed by atoms with E-state index in [1.165, 1.54) is 11.1 Å². The number of hydrogen-bond donors (Lipinski definition) is 2. The number of aliphatic hydroxyl groups excluding tert-OH is 1. The van der Waals surface area contributed by atoms with Crippen molar-refractivity contribution in [1.82, 2.24) is 4.90 Å². The predicted molar refractivity (Wildman–Crippen MR) is 109 cm³/mol. The minimum atomic E-state index is -0.888. The van der Waals surface area contributed by atoms with Crippen molar-refractivity contribution in [2.24, 2.45) is 0 Å². The maximum atomic E-state index is 11.0. The molecule has 28 heavy (non-hydrogen) atoms. The van der Waals surface area contributed by atoms with Gasteiger partial charge in [0.05, 0.1) is 18.3 Å². The van der Waals surface area contributed by atoms with Gasteiger partial charge in [-0.15, -0.1) is 0 Å². The quantitative estimate of drug-likeness (QED) is 0.755. The maximum absolute atomic E-state index is 11.0. The number of ether oxygens (including phenoxy) is 1. The topological polar surface area (TPSA) is 70.0 Å². The summed E-state index contributed by atoms with van der Waals surface area (Å²) < 4.78 is 5.77. The highest BCUT2D eigenvalue weighted by molar-refractivity contribution is 5.87. The van der Waals surface area contributed by atoms with E-state index in [4.69, 9.17) is 9.84 Å². The summed E-state index contributed by atoms with van der Waals surface area (Å²) in [4.78, 5) is 13.5. The third-order valence-corrected chi connectivity index (χ3v) is 5.20. The van der Waals surface area contributed by atoms with Crippen LogP contribution in [0.15, 0.2) is 42.5 Å². The Morgan fingerprint density at radius 3 is 2.61 bits per heavy atom. The first kappa shape index (κ1) is 20.4. The number of carboxylic acid groups (broad SMARTS) is 1. The number of rotatable bonds is 7. The van der Waals surface area contributed by atoms with Crippen molar-refractivity contribution < 1.29 is 19.7 Å². The number of carboxylic acids is 1. The number of carbonyl (C=O) groups is 1. The number of hydrogen-bond acceptors (Lipinski definition) is 4. The average Bonchev–Trinajstić information content (AvgIpc) is 2.69. The molecule has 1 heterocycles. The van der Waals surface area contributed by atoms with Gasteiger partial charge in [-0.1, -0.05) is 18.2 Å². The van der Waals surface area contributed by atoms with Gasteiger partial charge in [-0.2, -0.15) is 0 Å². The summed E-state index contributed by atoms with van der Waals surface area (Å²) in [6.07, 6.45) is 2.31. The van der Waals surface area contributed by atoms with E-state index in [1.54, 1.807) is 12.1 Å². The van der Waals surface area contributed by atoms with Crippen LogP contribution >= 0.6 is 0 Å². The first-order valence-electron chi connectivity index (χ1n) is 9.91. The molecule has 0 saturated carbocycles. The van der Waals surface area contributed by atoms with Gasteiger partial charge in [0.25, 0.3) is 0 Å². The lowest BCUT2D eigenvalue weighted by Gasteiger charge is -2.33. The molecule has 1 fully saturated rings. The number of piperidine rings is 1. The molecule has 2 aromatic rings. The normalized spacial score (nSPS) is 17.6. The third-order valence-electron chi connectivity index (χ3n) is 5.20. The predicted octanol–water partition coefficient (Wildman–Crippen LogP) is 4.04. The van der Waals surface area contributed by atoms with Crippen molar-refractivity contribution in [2.75, 3.05) is 13.1 Å². The molecule has 1 saturated heterocycles. The van der Waals surface area contributed by atoms with Gasteiger partial charge < -0.3 is 14.9 Å². The molecular weight excluding hydrogens is 354 g/mol. The van der Waals surface area contributed by atoms with Crippen LogP contribution in [0.4, 0.5) is 0 Å². The molecule has 3 rings (SSSR count). The number of aliphatic hydroxyl groups is 1. The molecule has 2 N–H and O–H groups in total. The van der Waals surface area contributed by atoms with E-state index in [0.29, 0.717) is 11.5 Å². The van der Waals surface area contributed by atoms with E-state index in [-0.39, 0.29) is 12.7 Å². The highest BCUT2D eigenvalue weighted by Crippen LogP contribution is 2.29. The Balaban J connectivity index is 1.67. The standard InChI is InChI=1S/C23H29NO4/c1-16(2)28-22-10-5-17(12-21(22)15-25)13-24-11-3-4-20(14-24)18-6-8-19(9-7-18)23(26)27/h5-10,12,16,20,25H,3-4,11,13-15H2,1-2H3,(H,26,27)/t20-/m1/s1. The van der Waals surface area contributed by atoms with Gasteiger partial charge in [-0.05, 0) is 74.5 Å². The Morgan fingerprint density at radius 2 is 1.96 bits per heavy atom. The Morgan fingerprint density at radius 1 is 1.21 bits per heavy atom. The van der Waals surface area contributed by atoms with Gasteiger partial charge in [-0.3, -0.25) is 4.90 Å². The van der Waals surface area contributed by atoms with Gasteiger partial charge in [-0.25, -0.2) is 4.79 Å². The highest BCUT2D eigenvalue weighted by Gasteiger charge is 2.22. The Kier molecular flexibility index (Phi) is 6.70. The first-order chi connectivity index (χ1) is 13.5. The van der Waals surface area contributed by atoms with Crippen molar-refractivity contribution in [3.8, 4) is 5.75 Å². The lowest BCUT2D eigenvalue weighted by molar-refractivity contribution is 0.0697. The van der Waals surface area contributed by atoms with Crippen LogP contribution in [0.3, 0.4) is 0 Å². The number of nitrogens with zero attached hydrogens (tertiary/aromatic N) is 1. The molecule has 1 aliphatic heterocycles. The fourth-order valence-electron chi connectivity index (χ4n) is 3.85.